The van der Waals surface area contributed by atoms with Gasteiger partial charge < -0.3 is 121 Å². The summed E-state index contributed by atoms with van der Waals surface area (Å²) in [4.78, 5) is 279. The number of aliphatic hydroxyl groups is 1. The van der Waals surface area contributed by atoms with Crippen molar-refractivity contribution in [2.24, 2.45) is 11.7 Å². The third-order valence-corrected chi connectivity index (χ3v) is 19.3. The lowest BCUT2D eigenvalue weighted by Crippen LogP contribution is -2.62. The summed E-state index contributed by atoms with van der Waals surface area (Å²) in [7, 11) is 0. The smallest absolute Gasteiger partial charge is 0.329 e. The summed E-state index contributed by atoms with van der Waals surface area (Å²) < 4.78 is 34.1. The van der Waals surface area contributed by atoms with Gasteiger partial charge in [0.2, 0.25) is 82.7 Å². The predicted molar refractivity (Wildman–Crippen MR) is 429 cm³/mol. The van der Waals surface area contributed by atoms with E-state index in [0.717, 1.165) is 65.0 Å². The van der Waals surface area contributed by atoms with Crippen molar-refractivity contribution in [2.45, 2.75) is 216 Å². The van der Waals surface area contributed by atoms with E-state index in [2.05, 4.69) is 70.4 Å². The molecule has 4 aromatic rings. The van der Waals surface area contributed by atoms with Gasteiger partial charge in [-0.3, -0.25) is 91.1 Å². The van der Waals surface area contributed by atoms with Gasteiger partial charge in [-0.25, -0.2) is 13.6 Å². The maximum Gasteiger partial charge on any atom is 0.329 e. The third-order valence-electron chi connectivity index (χ3n) is 19.3. The molecule has 0 radical (unpaired) electrons. The maximum atomic E-state index is 15.0. The molecule has 0 saturated carbocycles. The molecule has 124 heavy (non-hydrogen) atoms. The minimum atomic E-state index is -2.50. The van der Waals surface area contributed by atoms with E-state index in [9.17, 15) is 130 Å². The number of aliphatic carboxylic acids is 4. The zero-order valence-corrected chi connectivity index (χ0v) is 68.2. The third kappa shape index (κ3) is 34.1. The van der Waals surface area contributed by atoms with E-state index in [0.29, 0.717) is 35.4 Å². The number of anilines is 1. The summed E-state index contributed by atoms with van der Waals surface area (Å²) in [6.07, 6.45) is -2.92. The van der Waals surface area contributed by atoms with Gasteiger partial charge in [0.05, 0.1) is 51.8 Å². The Morgan fingerprint density at radius 3 is 1.74 bits per heavy atom. The number of nitrogens with two attached hydrogens (primary N) is 2. The molecule has 1 aliphatic heterocycles. The second kappa shape index (κ2) is 50.6. The number of cyclic esters (lactones) is 1. The molecular weight excluding hydrogens is 1640 g/mol. The number of rotatable bonds is 38. The lowest BCUT2D eigenvalue weighted by molar-refractivity contribution is -0.156. The SMILES string of the molecule is CCCCCCCCCC(=O)N[C@@H](Cc1c[nH]c2ccccc12)C(=O)N[C@@H](CC(N)=O)C(=O)N[C@@H](CC(=O)O)C(=O)NC1C(=O)NCC(=O)N[C@@H](CCCNCc2ccc(F)cc2F)C(=O)NC(CC(=O)O)C(=O)N[C@H](C)C(=O)N[C@@H](CC(=O)O)C(=O)NCC(=O)N[C@H](CO)C(=O)NC([C@H](C)CC(=O)O)C(=O)N[C@@H](CC(=O)c2ccccc2N)C(=O)OC1C. The van der Waals surface area contributed by atoms with Gasteiger partial charge in [0.15, 0.2) is 5.78 Å². The first-order chi connectivity index (χ1) is 58.7. The fourth-order valence-electron chi connectivity index (χ4n) is 12.7. The molecule has 45 heteroatoms. The van der Waals surface area contributed by atoms with Crippen LogP contribution in [-0.2, 0) is 109 Å². The standard InChI is InChI=1S/C79H105F2N17O26/c1-5-6-7-8-9-10-11-22-60(102)90-51(27-43-35-85-49-20-15-13-17-45(43)49)73(117)93-52(30-59(83)101)74(118)95-55(33-66(111)112)75(119)98-68-41(4)124-79(123)56(29-58(100)46-18-12-14-19-48(46)82)96-78(122)67(39(2)26-63(105)106)97-76(120)57(38-99)91-62(104)36-86-70(114)53(31-64(107)108)92-69(113)40(3)88-72(116)54(32-65(109)110)94-71(115)50(89-61(103)37-87-77(68)121)21-16-25-84-34-42-23-24-44(80)28-47(42)81/h12-15,17-20,23-24,28,35,39-41,50-57,67-68,84-85,99H,5-11,16,21-22,25-27,29-34,36-38,82H2,1-4H3,(H2,83,101)(H,86,114)(H,87,121)(H,88,116)(H,89,103)(H,90,102)(H,91,104)(H,92,113)(H,93,117)(H,94,115)(H,95,118)(H,96,122)(H,97,120)(H,98,119)(H,105,106)(H,107,108)(H,109,110)(H,111,112)/t39-,40-,41?,50+,51+,52+,53+,54?,55+,56+,57-,67?,68?/m1/s1. The number of hydrogen-bond donors (Lipinski definition) is 22. The Hall–Kier alpha value is -13.6. The molecule has 1 fully saturated rings. The van der Waals surface area contributed by atoms with Crippen molar-refractivity contribution in [3.05, 3.63) is 101 Å². The van der Waals surface area contributed by atoms with E-state index in [-0.39, 0.29) is 49.2 Å². The molecule has 3 aromatic carbocycles. The second-order valence-electron chi connectivity index (χ2n) is 29.4. The Balaban J connectivity index is 1.63. The number of nitrogens with one attached hydrogen (secondary N) is 15. The number of aromatic amines is 1. The maximum absolute atomic E-state index is 15.0. The van der Waals surface area contributed by atoms with E-state index >= 15 is 0 Å². The molecule has 0 spiro atoms. The molecule has 5 rings (SSSR count). The number of unbranched alkanes of at least 4 members (excludes halogenated alkanes) is 6. The van der Waals surface area contributed by atoms with Gasteiger partial charge in [0.25, 0.3) is 0 Å². The van der Waals surface area contributed by atoms with E-state index in [1.54, 1.807) is 30.5 Å². The van der Waals surface area contributed by atoms with Crippen LogP contribution in [0.15, 0.2) is 72.9 Å². The molecule has 13 atom stereocenters. The molecular formula is C79H105F2N17O26. The molecule has 0 bridgehead atoms. The number of carboxylic acid groups (broad SMARTS) is 4. The summed E-state index contributed by atoms with van der Waals surface area (Å²) in [5, 5.41) is 81.8. The number of ketones is 1. The normalized spacial score (nSPS) is 20.5. The van der Waals surface area contributed by atoms with Gasteiger partial charge in [-0.05, 0) is 75.4 Å². The molecule has 4 unspecified atom stereocenters. The Kier molecular flexibility index (Phi) is 41.2. The number of Topliss-reactive ketones (excluding diaryl/α,β-unsaturated/α-hetero) is 1. The summed E-state index contributed by atoms with van der Waals surface area (Å²) in [5.74, 6) is -32.3. The number of ether oxygens (including phenoxy) is 1. The Morgan fingerprint density at radius 1 is 0.556 bits per heavy atom. The number of H-pyrrole nitrogens is 1. The Labute approximate surface area is 707 Å². The highest BCUT2D eigenvalue weighted by atomic mass is 19.1. The first-order valence-corrected chi connectivity index (χ1v) is 39.6. The van der Waals surface area contributed by atoms with Crippen LogP contribution >= 0.6 is 0 Å². The Morgan fingerprint density at radius 2 is 1.12 bits per heavy atom. The fraction of sp³-hybridized carbons (Fsp3) is 0.494. The molecule has 2 heterocycles. The van der Waals surface area contributed by atoms with Crippen molar-refractivity contribution in [1.82, 2.24) is 79.4 Å². The van der Waals surface area contributed by atoms with E-state index < -0.39 is 273 Å². The highest BCUT2D eigenvalue weighted by Crippen LogP contribution is 2.22. The summed E-state index contributed by atoms with van der Waals surface area (Å²) >= 11 is 0. The molecule has 24 N–H and O–H groups in total. The Bertz CT molecular complexity index is 4550. The number of hydrogen-bond acceptors (Lipinski definition) is 24. The molecule has 1 saturated heterocycles. The number of aromatic nitrogens is 1. The van der Waals surface area contributed by atoms with Gasteiger partial charge in [-0.2, -0.15) is 0 Å². The van der Waals surface area contributed by atoms with Crippen LogP contribution < -0.4 is 85.9 Å². The van der Waals surface area contributed by atoms with Gasteiger partial charge in [-0.15, -0.1) is 0 Å². The zero-order chi connectivity index (χ0) is 92.0. The molecule has 676 valence electrons. The first kappa shape index (κ1) is 101. The monoisotopic (exact) mass is 1750 g/mol. The predicted octanol–water partition coefficient (Wildman–Crippen LogP) is -3.51. The van der Waals surface area contributed by atoms with Crippen molar-refractivity contribution >= 4 is 135 Å². The van der Waals surface area contributed by atoms with E-state index in [1.807, 2.05) is 16.0 Å². The number of aliphatic hydroxyl groups excluding tert-OH is 1. The minimum absolute atomic E-state index is 0.0295. The van der Waals surface area contributed by atoms with Crippen LogP contribution in [-0.4, -0.2) is 248 Å². The van der Waals surface area contributed by atoms with Crippen molar-refractivity contribution in [3.8, 4) is 0 Å². The average molecular weight is 1750 g/mol. The van der Waals surface area contributed by atoms with E-state index in [1.165, 1.54) is 24.3 Å². The molecule has 1 aromatic heterocycles. The largest absolute Gasteiger partial charge is 0.481 e. The number of para-hydroxylation sites is 2. The van der Waals surface area contributed by atoms with Crippen molar-refractivity contribution in [1.29, 1.82) is 0 Å². The lowest BCUT2D eigenvalue weighted by atomic mass is 9.96. The lowest BCUT2D eigenvalue weighted by Gasteiger charge is -2.30. The second-order valence-corrected chi connectivity index (χ2v) is 29.4. The minimum Gasteiger partial charge on any atom is -0.481 e. The quantitative estimate of drug-likeness (QED) is 0.00895. The fourth-order valence-corrected chi connectivity index (χ4v) is 12.7. The number of carbonyl (C=O) groups excluding carboxylic acids is 16. The number of primary amides is 1. The summed E-state index contributed by atoms with van der Waals surface area (Å²) in [6.45, 7) is 0.709. The van der Waals surface area contributed by atoms with Crippen molar-refractivity contribution in [3.63, 3.8) is 0 Å². The number of nitrogen functional groups attached to an aromatic ring is 1. The zero-order valence-electron chi connectivity index (χ0n) is 68.2. The molecule has 43 nitrogen and oxygen atoms in total. The number of carbonyl (C=O) groups is 20. The number of benzene rings is 3. The number of halogens is 2. The number of fused-ring (bicyclic) bond motifs is 1. The van der Waals surface area contributed by atoms with Crippen molar-refractivity contribution in [2.75, 3.05) is 32.0 Å². The van der Waals surface area contributed by atoms with Gasteiger partial charge in [0.1, 0.15) is 84.2 Å². The van der Waals surface area contributed by atoms with Gasteiger partial charge >= 0.3 is 29.8 Å². The van der Waals surface area contributed by atoms with Gasteiger partial charge in [-0.1, -0.05) is 88.8 Å². The van der Waals surface area contributed by atoms with Crippen LogP contribution in [0.3, 0.4) is 0 Å². The molecule has 14 amide bonds. The number of amides is 14. The highest BCUT2D eigenvalue weighted by molar-refractivity contribution is 6.05. The van der Waals surface area contributed by atoms with Crippen LogP contribution in [0.4, 0.5) is 14.5 Å². The molecule has 1 aliphatic rings. The topological polar surface area (TPSA) is 688 Å². The van der Waals surface area contributed by atoms with Gasteiger partial charge in [0, 0.05) is 65.8 Å². The first-order valence-electron chi connectivity index (χ1n) is 39.6. The molecule has 0 aliphatic carbocycles. The van der Waals surface area contributed by atoms with Crippen LogP contribution in [0, 0.1) is 17.6 Å². The summed E-state index contributed by atoms with van der Waals surface area (Å²) in [5.41, 5.74) is 12.3. The van der Waals surface area contributed by atoms with E-state index in [4.69, 9.17) is 16.2 Å². The van der Waals surface area contributed by atoms with Crippen LogP contribution in [0.25, 0.3) is 10.9 Å². The van der Waals surface area contributed by atoms with Crippen LogP contribution in [0.5, 0.6) is 0 Å². The van der Waals surface area contributed by atoms with Crippen LogP contribution in [0.2, 0.25) is 0 Å². The highest BCUT2D eigenvalue weighted by Gasteiger charge is 2.41. The van der Waals surface area contributed by atoms with Crippen LogP contribution in [0.1, 0.15) is 152 Å². The van der Waals surface area contributed by atoms with Crippen molar-refractivity contribution < 1.29 is 135 Å². The summed E-state index contributed by atoms with van der Waals surface area (Å²) in [6, 6.07) is -8.49. The number of carboxylic acids is 4. The average Bonchev–Trinajstić information content (AvgIpc) is 1.08. The number of esters is 1.